The van der Waals surface area contributed by atoms with E-state index in [0.29, 0.717) is 0 Å². The molecule has 0 spiro atoms. The van der Waals surface area contributed by atoms with Gasteiger partial charge in [-0.1, -0.05) is 152 Å². The Morgan fingerprint density at radius 3 is 1.62 bits per heavy atom. The molecule has 10 rings (SSSR count). The molecule has 0 fully saturated rings. The van der Waals surface area contributed by atoms with Crippen molar-refractivity contribution in [1.82, 2.24) is 0 Å². The third kappa shape index (κ3) is 3.90. The average molecular weight is 597 g/mol. The lowest BCUT2D eigenvalue weighted by Crippen LogP contribution is -1.91. The Kier molecular flexibility index (Phi) is 5.64. The summed E-state index contributed by atoms with van der Waals surface area (Å²) in [7, 11) is 0. The summed E-state index contributed by atoms with van der Waals surface area (Å²) in [5, 5.41) is 12.3. The monoisotopic (exact) mass is 596 g/mol. The Morgan fingerprint density at radius 1 is 0.298 bits per heavy atom. The molecule has 1 aromatic heterocycles. The molecule has 0 aliphatic rings. The zero-order valence-electron chi connectivity index (χ0n) is 25.6. The van der Waals surface area contributed by atoms with E-state index in [2.05, 4.69) is 170 Å². The summed E-state index contributed by atoms with van der Waals surface area (Å²) in [6, 6.07) is 61.5. The fraction of sp³-hybridized carbons (Fsp3) is 0. The summed E-state index contributed by atoms with van der Waals surface area (Å²) in [6.07, 6.45) is 0. The summed E-state index contributed by atoms with van der Waals surface area (Å²) >= 11 is 0. The molecular weight excluding hydrogens is 569 g/mol. The first kappa shape index (κ1) is 26.1. The van der Waals surface area contributed by atoms with Crippen LogP contribution in [0.5, 0.6) is 0 Å². The molecule has 10 aromatic rings. The molecule has 0 aliphatic heterocycles. The zero-order valence-corrected chi connectivity index (χ0v) is 25.6. The maximum atomic E-state index is 6.44. The molecule has 1 heterocycles. The van der Waals surface area contributed by atoms with E-state index in [9.17, 15) is 0 Å². The van der Waals surface area contributed by atoms with E-state index < -0.39 is 0 Å². The minimum Gasteiger partial charge on any atom is -0.456 e. The minimum absolute atomic E-state index is 0.916. The van der Waals surface area contributed by atoms with Crippen LogP contribution < -0.4 is 0 Å². The molecule has 0 N–H and O–H groups in total. The highest BCUT2D eigenvalue weighted by molar-refractivity contribution is 6.25. The van der Waals surface area contributed by atoms with Crippen LogP contribution in [0.4, 0.5) is 0 Å². The van der Waals surface area contributed by atoms with E-state index in [-0.39, 0.29) is 0 Å². The summed E-state index contributed by atoms with van der Waals surface area (Å²) in [5.74, 6) is 0. The van der Waals surface area contributed by atoms with Crippen LogP contribution in [-0.4, -0.2) is 0 Å². The third-order valence-corrected chi connectivity index (χ3v) is 9.84. The summed E-state index contributed by atoms with van der Waals surface area (Å²) in [4.78, 5) is 0. The van der Waals surface area contributed by atoms with Gasteiger partial charge in [-0.2, -0.15) is 0 Å². The van der Waals surface area contributed by atoms with Crippen LogP contribution in [0.15, 0.2) is 174 Å². The maximum Gasteiger partial charge on any atom is 0.136 e. The van der Waals surface area contributed by atoms with Crippen molar-refractivity contribution in [3.63, 3.8) is 0 Å². The van der Waals surface area contributed by atoms with Crippen LogP contribution in [0.25, 0.3) is 98.4 Å². The molecule has 0 bridgehead atoms. The van der Waals surface area contributed by atoms with E-state index >= 15 is 0 Å². The lowest BCUT2D eigenvalue weighted by atomic mass is 9.85. The van der Waals surface area contributed by atoms with Gasteiger partial charge in [0.25, 0.3) is 0 Å². The Balaban J connectivity index is 1.23. The smallest absolute Gasteiger partial charge is 0.136 e. The quantitative estimate of drug-likeness (QED) is 0.185. The number of furan rings is 1. The largest absolute Gasteiger partial charge is 0.456 e. The lowest BCUT2D eigenvalue weighted by Gasteiger charge is -2.18. The molecule has 0 amide bonds. The summed E-state index contributed by atoms with van der Waals surface area (Å²) < 4.78 is 6.44. The van der Waals surface area contributed by atoms with Crippen molar-refractivity contribution in [2.75, 3.05) is 0 Å². The van der Waals surface area contributed by atoms with Gasteiger partial charge in [-0.3, -0.25) is 0 Å². The Hall–Kier alpha value is -6.18. The first-order valence-electron chi connectivity index (χ1n) is 16.2. The number of rotatable bonds is 3. The molecule has 0 radical (unpaired) electrons. The number of benzene rings is 9. The SMILES string of the molecule is c1ccc(-c2c3ccccc3c(-c3ccc4c(-c5cccc6oc7ccc8ccccc8c7c56)cccc4c3)c3ccccc23)cc1. The van der Waals surface area contributed by atoms with E-state index in [0.717, 1.165) is 11.2 Å². The number of fused-ring (bicyclic) bond motifs is 8. The van der Waals surface area contributed by atoms with E-state index in [1.165, 1.54) is 87.2 Å². The van der Waals surface area contributed by atoms with Gasteiger partial charge in [0.2, 0.25) is 0 Å². The Bertz CT molecular complexity index is 2780. The van der Waals surface area contributed by atoms with Crippen LogP contribution in [0.3, 0.4) is 0 Å². The molecule has 0 aliphatic carbocycles. The van der Waals surface area contributed by atoms with Crippen LogP contribution >= 0.6 is 0 Å². The predicted molar refractivity (Wildman–Crippen MR) is 200 cm³/mol. The van der Waals surface area contributed by atoms with Crippen molar-refractivity contribution in [2.45, 2.75) is 0 Å². The van der Waals surface area contributed by atoms with E-state index in [1.807, 2.05) is 0 Å². The van der Waals surface area contributed by atoms with Crippen molar-refractivity contribution in [3.8, 4) is 33.4 Å². The Labute approximate surface area is 271 Å². The normalized spacial score (nSPS) is 11.8. The van der Waals surface area contributed by atoms with Crippen molar-refractivity contribution in [1.29, 1.82) is 0 Å². The van der Waals surface area contributed by atoms with E-state index in [4.69, 9.17) is 4.42 Å². The lowest BCUT2D eigenvalue weighted by molar-refractivity contribution is 0.669. The van der Waals surface area contributed by atoms with Gasteiger partial charge in [-0.05, 0) is 94.7 Å². The first-order valence-corrected chi connectivity index (χ1v) is 16.2. The second-order valence-corrected chi connectivity index (χ2v) is 12.4. The first-order chi connectivity index (χ1) is 23.3. The summed E-state index contributed by atoms with van der Waals surface area (Å²) in [6.45, 7) is 0. The number of hydrogen-bond acceptors (Lipinski definition) is 1. The van der Waals surface area contributed by atoms with Gasteiger partial charge in [-0.25, -0.2) is 0 Å². The molecule has 0 unspecified atom stereocenters. The molecule has 0 saturated carbocycles. The van der Waals surface area contributed by atoms with Gasteiger partial charge in [0.15, 0.2) is 0 Å². The Morgan fingerprint density at radius 2 is 0.872 bits per heavy atom. The topological polar surface area (TPSA) is 13.1 Å². The fourth-order valence-corrected chi connectivity index (χ4v) is 7.84. The van der Waals surface area contributed by atoms with Crippen molar-refractivity contribution in [3.05, 3.63) is 170 Å². The maximum absolute atomic E-state index is 6.44. The van der Waals surface area contributed by atoms with Gasteiger partial charge in [0, 0.05) is 10.8 Å². The second kappa shape index (κ2) is 10.2. The van der Waals surface area contributed by atoms with Gasteiger partial charge < -0.3 is 4.42 Å². The van der Waals surface area contributed by atoms with Crippen LogP contribution in [0, 0.1) is 0 Å². The third-order valence-electron chi connectivity index (χ3n) is 9.84. The minimum atomic E-state index is 0.916. The number of hydrogen-bond donors (Lipinski definition) is 0. The second-order valence-electron chi connectivity index (χ2n) is 12.4. The van der Waals surface area contributed by atoms with Gasteiger partial charge >= 0.3 is 0 Å². The highest BCUT2D eigenvalue weighted by atomic mass is 16.3. The molecule has 0 atom stereocenters. The van der Waals surface area contributed by atoms with E-state index in [1.54, 1.807) is 0 Å². The highest BCUT2D eigenvalue weighted by Gasteiger charge is 2.19. The molecule has 1 heteroatoms. The van der Waals surface area contributed by atoms with Crippen molar-refractivity contribution < 1.29 is 4.42 Å². The molecule has 1 nitrogen and oxygen atoms in total. The van der Waals surface area contributed by atoms with Crippen LogP contribution in [0.2, 0.25) is 0 Å². The van der Waals surface area contributed by atoms with Gasteiger partial charge in [-0.15, -0.1) is 0 Å². The molecule has 0 saturated heterocycles. The molecule has 9 aromatic carbocycles. The van der Waals surface area contributed by atoms with Crippen molar-refractivity contribution >= 4 is 65.0 Å². The predicted octanol–water partition coefficient (Wildman–Crippen LogP) is 13.2. The van der Waals surface area contributed by atoms with Gasteiger partial charge in [0.1, 0.15) is 11.2 Å². The van der Waals surface area contributed by atoms with Crippen LogP contribution in [-0.2, 0) is 0 Å². The highest BCUT2D eigenvalue weighted by Crippen LogP contribution is 2.46. The van der Waals surface area contributed by atoms with Gasteiger partial charge in [0.05, 0.1) is 0 Å². The van der Waals surface area contributed by atoms with Crippen molar-refractivity contribution in [2.24, 2.45) is 0 Å². The average Bonchev–Trinajstić information content (AvgIpc) is 3.53. The summed E-state index contributed by atoms with van der Waals surface area (Å²) in [5.41, 5.74) is 9.27. The van der Waals surface area contributed by atoms with Crippen LogP contribution in [0.1, 0.15) is 0 Å². The molecular formula is C46H28O. The fourth-order valence-electron chi connectivity index (χ4n) is 7.84. The standard InChI is InChI=1S/C46H28O/c1-2-13-30(14-3-1)43-37-17-6-8-19-39(37)44(40-20-9-7-18-38(40)43)32-24-26-33-31(28-32)15-10-21-35(33)36-22-11-23-41-46(36)45-34-16-5-4-12-29(34)25-27-42(45)47-41/h1-28H. The molecule has 218 valence electrons. The zero-order chi connectivity index (χ0) is 30.9. The molecule has 47 heavy (non-hydrogen) atoms.